The highest BCUT2D eigenvalue weighted by atomic mass is 35.5. The van der Waals surface area contributed by atoms with Crippen LogP contribution in [0.1, 0.15) is 22.1 Å². The average molecular weight is 360 g/mol. The van der Waals surface area contributed by atoms with E-state index in [0.717, 1.165) is 5.56 Å². The SMILES string of the molecule is O=C(O)c1c(-c2ccc(Cl)cc2)csc1NC(O)c1ccccc1. The molecule has 3 aromatic rings. The maximum atomic E-state index is 11.7. The Labute approximate surface area is 148 Å². The number of hydrogen-bond donors (Lipinski definition) is 3. The first-order valence-corrected chi connectivity index (χ1v) is 8.42. The normalized spacial score (nSPS) is 11.9. The first-order valence-electron chi connectivity index (χ1n) is 7.16. The smallest absolute Gasteiger partial charge is 0.339 e. The van der Waals surface area contributed by atoms with Gasteiger partial charge in [0.1, 0.15) is 10.6 Å². The van der Waals surface area contributed by atoms with Crippen molar-refractivity contribution in [2.75, 3.05) is 5.32 Å². The maximum Gasteiger partial charge on any atom is 0.339 e. The highest BCUT2D eigenvalue weighted by molar-refractivity contribution is 7.15. The monoisotopic (exact) mass is 359 g/mol. The van der Waals surface area contributed by atoms with Crippen molar-refractivity contribution in [1.82, 2.24) is 0 Å². The number of aliphatic hydroxyl groups is 1. The number of carboxylic acid groups (broad SMARTS) is 1. The predicted octanol–water partition coefficient (Wildman–Crippen LogP) is 4.87. The van der Waals surface area contributed by atoms with Gasteiger partial charge in [0.05, 0.1) is 0 Å². The van der Waals surface area contributed by atoms with Gasteiger partial charge >= 0.3 is 5.97 Å². The van der Waals surface area contributed by atoms with Gasteiger partial charge in [-0.25, -0.2) is 4.79 Å². The molecule has 24 heavy (non-hydrogen) atoms. The summed E-state index contributed by atoms with van der Waals surface area (Å²) in [5.74, 6) is -1.05. The number of halogens is 1. The van der Waals surface area contributed by atoms with Gasteiger partial charge in [-0.1, -0.05) is 54.1 Å². The third kappa shape index (κ3) is 3.43. The molecular formula is C18H14ClNO3S. The predicted molar refractivity (Wildman–Crippen MR) is 96.7 cm³/mol. The zero-order chi connectivity index (χ0) is 17.1. The van der Waals surface area contributed by atoms with Crippen LogP contribution in [0, 0.1) is 0 Å². The molecule has 4 nitrogen and oxygen atoms in total. The van der Waals surface area contributed by atoms with Crippen LogP contribution in [0.4, 0.5) is 5.00 Å². The molecule has 0 aliphatic carbocycles. The van der Waals surface area contributed by atoms with Gasteiger partial charge in [0.25, 0.3) is 0 Å². The third-order valence-electron chi connectivity index (χ3n) is 3.54. The minimum Gasteiger partial charge on any atom is -0.478 e. The van der Waals surface area contributed by atoms with Gasteiger partial charge in [0.2, 0.25) is 0 Å². The van der Waals surface area contributed by atoms with Gasteiger partial charge in [-0.15, -0.1) is 11.3 Å². The minimum absolute atomic E-state index is 0.136. The van der Waals surface area contributed by atoms with Crippen LogP contribution in [0.15, 0.2) is 60.0 Å². The second-order valence-electron chi connectivity index (χ2n) is 5.12. The van der Waals surface area contributed by atoms with E-state index in [4.69, 9.17) is 11.6 Å². The molecule has 2 aromatic carbocycles. The fourth-order valence-electron chi connectivity index (χ4n) is 2.36. The summed E-state index contributed by atoms with van der Waals surface area (Å²) < 4.78 is 0. The first-order chi connectivity index (χ1) is 11.6. The standard InChI is InChI=1S/C18H14ClNO3S/c19-13-8-6-11(7-9-13)14-10-24-17(15(14)18(22)23)20-16(21)12-4-2-1-3-5-12/h1-10,16,20-21H,(H,22,23). The summed E-state index contributed by atoms with van der Waals surface area (Å²) in [6.07, 6.45) is -0.985. The summed E-state index contributed by atoms with van der Waals surface area (Å²) >= 11 is 7.13. The summed E-state index contributed by atoms with van der Waals surface area (Å²) in [6.45, 7) is 0. The molecule has 0 aliphatic heterocycles. The Balaban J connectivity index is 1.94. The van der Waals surface area contributed by atoms with Crippen molar-refractivity contribution in [1.29, 1.82) is 0 Å². The van der Waals surface area contributed by atoms with Crippen molar-refractivity contribution in [3.8, 4) is 11.1 Å². The number of aromatic carboxylic acids is 1. The molecule has 0 aliphatic rings. The molecule has 1 heterocycles. The lowest BCUT2D eigenvalue weighted by atomic mass is 10.0. The molecule has 1 atom stereocenters. The molecule has 0 fully saturated rings. The number of hydrogen-bond acceptors (Lipinski definition) is 4. The fourth-order valence-corrected chi connectivity index (χ4v) is 3.47. The summed E-state index contributed by atoms with van der Waals surface area (Å²) in [5.41, 5.74) is 2.15. The molecule has 3 N–H and O–H groups in total. The van der Waals surface area contributed by atoms with Gasteiger partial charge in [-0.2, -0.15) is 0 Å². The Morgan fingerprint density at radius 2 is 1.75 bits per heavy atom. The van der Waals surface area contributed by atoms with Crippen molar-refractivity contribution in [2.45, 2.75) is 6.23 Å². The lowest BCUT2D eigenvalue weighted by Gasteiger charge is -2.14. The molecule has 0 amide bonds. The number of benzene rings is 2. The van der Waals surface area contributed by atoms with Gasteiger partial charge in [0, 0.05) is 21.5 Å². The number of nitrogens with one attached hydrogen (secondary N) is 1. The van der Waals surface area contributed by atoms with Crippen molar-refractivity contribution in [3.05, 3.63) is 76.1 Å². The van der Waals surface area contributed by atoms with E-state index in [0.29, 0.717) is 21.2 Å². The molecule has 0 bridgehead atoms. The van der Waals surface area contributed by atoms with Gasteiger partial charge in [0.15, 0.2) is 6.23 Å². The van der Waals surface area contributed by atoms with Crippen molar-refractivity contribution in [3.63, 3.8) is 0 Å². The van der Waals surface area contributed by atoms with Gasteiger partial charge < -0.3 is 15.5 Å². The molecule has 6 heteroatoms. The van der Waals surface area contributed by atoms with E-state index in [-0.39, 0.29) is 5.56 Å². The maximum absolute atomic E-state index is 11.7. The van der Waals surface area contributed by atoms with Crippen LogP contribution in [-0.2, 0) is 0 Å². The van der Waals surface area contributed by atoms with E-state index in [1.807, 2.05) is 18.2 Å². The molecule has 0 saturated carbocycles. The van der Waals surface area contributed by atoms with E-state index in [9.17, 15) is 15.0 Å². The fraction of sp³-hybridized carbons (Fsp3) is 0.0556. The zero-order valence-electron chi connectivity index (χ0n) is 12.4. The summed E-state index contributed by atoms with van der Waals surface area (Å²) in [4.78, 5) is 11.7. The largest absolute Gasteiger partial charge is 0.478 e. The number of aliphatic hydroxyl groups excluding tert-OH is 1. The molecule has 3 rings (SSSR count). The number of thiophene rings is 1. The molecule has 1 unspecified atom stereocenters. The second kappa shape index (κ2) is 7.05. The molecule has 1 aromatic heterocycles. The quantitative estimate of drug-likeness (QED) is 0.568. The van der Waals surface area contributed by atoms with Gasteiger partial charge in [-0.3, -0.25) is 0 Å². The lowest BCUT2D eigenvalue weighted by Crippen LogP contribution is -2.11. The van der Waals surface area contributed by atoms with Crippen LogP contribution in [0.5, 0.6) is 0 Å². The minimum atomic E-state index is -1.05. The van der Waals surface area contributed by atoms with Gasteiger partial charge in [-0.05, 0) is 17.7 Å². The Hall–Kier alpha value is -2.34. The Bertz CT molecular complexity index is 846. The van der Waals surface area contributed by atoms with E-state index >= 15 is 0 Å². The summed E-state index contributed by atoms with van der Waals surface area (Å²) in [7, 11) is 0. The number of carboxylic acids is 1. The van der Waals surface area contributed by atoms with Crippen LogP contribution in [0.3, 0.4) is 0 Å². The average Bonchev–Trinajstić information content (AvgIpc) is 3.00. The number of carbonyl (C=O) groups is 1. The molecule has 0 radical (unpaired) electrons. The number of anilines is 1. The van der Waals surface area contributed by atoms with E-state index in [1.165, 1.54) is 11.3 Å². The van der Waals surface area contributed by atoms with Crippen molar-refractivity contribution < 1.29 is 15.0 Å². The first kappa shape index (κ1) is 16.5. The van der Waals surface area contributed by atoms with Crippen LogP contribution in [0.2, 0.25) is 5.02 Å². The topological polar surface area (TPSA) is 69.6 Å². The summed E-state index contributed by atoms with van der Waals surface area (Å²) in [6, 6.07) is 16.0. The van der Waals surface area contributed by atoms with Crippen LogP contribution in [-0.4, -0.2) is 16.2 Å². The van der Waals surface area contributed by atoms with Crippen LogP contribution < -0.4 is 5.32 Å². The lowest BCUT2D eigenvalue weighted by molar-refractivity contribution is 0.0699. The zero-order valence-corrected chi connectivity index (χ0v) is 14.0. The van der Waals surface area contributed by atoms with Crippen LogP contribution in [0.25, 0.3) is 11.1 Å². The third-order valence-corrected chi connectivity index (χ3v) is 4.71. The van der Waals surface area contributed by atoms with Crippen molar-refractivity contribution >= 4 is 33.9 Å². The number of rotatable bonds is 5. The molecule has 0 spiro atoms. The van der Waals surface area contributed by atoms with Crippen molar-refractivity contribution in [2.24, 2.45) is 0 Å². The summed E-state index contributed by atoms with van der Waals surface area (Å²) in [5, 5.41) is 25.5. The van der Waals surface area contributed by atoms with E-state index in [1.54, 1.807) is 41.8 Å². The van der Waals surface area contributed by atoms with E-state index in [2.05, 4.69) is 5.32 Å². The molecule has 0 saturated heterocycles. The van der Waals surface area contributed by atoms with Crippen LogP contribution >= 0.6 is 22.9 Å². The van der Waals surface area contributed by atoms with E-state index < -0.39 is 12.2 Å². The molecular weight excluding hydrogens is 346 g/mol. The highest BCUT2D eigenvalue weighted by Crippen LogP contribution is 2.37. The Morgan fingerprint density at radius 1 is 1.08 bits per heavy atom. The molecule has 122 valence electrons. The Morgan fingerprint density at radius 3 is 2.38 bits per heavy atom. The Kier molecular flexibility index (Phi) is 4.85. The second-order valence-corrected chi connectivity index (χ2v) is 6.44. The highest BCUT2D eigenvalue weighted by Gasteiger charge is 2.21.